The number of piperazine rings is 1. The maximum absolute atomic E-state index is 13.8. The number of hydrogen-bond acceptors (Lipinski definition) is 3. The molecule has 1 atom stereocenters. The fraction of sp³-hybridized carbons (Fsp3) is 0.350. The zero-order valence-corrected chi connectivity index (χ0v) is 15.5. The summed E-state index contributed by atoms with van der Waals surface area (Å²) in [5.74, 6) is -0.434. The van der Waals surface area contributed by atoms with Crippen LogP contribution >= 0.6 is 11.6 Å². The maximum atomic E-state index is 13.8. The van der Waals surface area contributed by atoms with Crippen LogP contribution in [0.2, 0.25) is 5.02 Å². The second-order valence-electron chi connectivity index (χ2n) is 6.24. The molecule has 0 unspecified atom stereocenters. The molecule has 0 spiro atoms. The van der Waals surface area contributed by atoms with Crippen molar-refractivity contribution in [3.8, 4) is 5.75 Å². The summed E-state index contributed by atoms with van der Waals surface area (Å²) in [6.45, 7) is 4.51. The molecular weight excluding hydrogens is 355 g/mol. The number of carbonyl (C=O) groups is 1. The molecule has 1 fully saturated rings. The second kappa shape index (κ2) is 8.41. The van der Waals surface area contributed by atoms with Crippen LogP contribution in [0.4, 0.5) is 10.1 Å². The lowest BCUT2D eigenvalue weighted by Gasteiger charge is -2.37. The Balaban J connectivity index is 1.60. The first-order chi connectivity index (χ1) is 12.6. The first kappa shape index (κ1) is 18.5. The standard InChI is InChI=1S/C20H22ClFN2O2/c1-2-18(26-19-9-4-3-8-17(19)22)20(25)24-12-10-23(11-13-24)16-7-5-6-15(21)14-16/h3-9,14,18H,2,10-13H2,1H3/t18-/m0/s1. The van der Waals surface area contributed by atoms with E-state index in [4.69, 9.17) is 16.3 Å². The Morgan fingerprint density at radius 2 is 1.88 bits per heavy atom. The summed E-state index contributed by atoms with van der Waals surface area (Å²) in [5, 5.41) is 0.699. The molecule has 1 aliphatic rings. The number of anilines is 1. The number of carbonyl (C=O) groups excluding carboxylic acids is 1. The highest BCUT2D eigenvalue weighted by Gasteiger charge is 2.28. The van der Waals surface area contributed by atoms with E-state index >= 15 is 0 Å². The minimum atomic E-state index is -0.676. The fourth-order valence-corrected chi connectivity index (χ4v) is 3.25. The van der Waals surface area contributed by atoms with Gasteiger partial charge in [0.05, 0.1) is 0 Å². The molecule has 1 amide bonds. The molecule has 4 nitrogen and oxygen atoms in total. The SMILES string of the molecule is CC[C@H](Oc1ccccc1F)C(=O)N1CCN(c2cccc(Cl)c2)CC1. The second-order valence-corrected chi connectivity index (χ2v) is 6.67. The summed E-state index contributed by atoms with van der Waals surface area (Å²) >= 11 is 6.05. The van der Waals surface area contributed by atoms with Gasteiger partial charge in [0.25, 0.3) is 5.91 Å². The van der Waals surface area contributed by atoms with E-state index in [0.717, 1.165) is 18.8 Å². The molecule has 138 valence electrons. The third-order valence-corrected chi connectivity index (χ3v) is 4.75. The molecule has 0 bridgehead atoms. The Bertz CT molecular complexity index is 763. The zero-order chi connectivity index (χ0) is 18.5. The first-order valence-corrected chi connectivity index (χ1v) is 9.16. The van der Waals surface area contributed by atoms with Gasteiger partial charge in [0.15, 0.2) is 17.7 Å². The first-order valence-electron chi connectivity index (χ1n) is 8.79. The van der Waals surface area contributed by atoms with Crippen molar-refractivity contribution in [2.45, 2.75) is 19.4 Å². The van der Waals surface area contributed by atoms with Crippen LogP contribution in [0, 0.1) is 5.82 Å². The minimum Gasteiger partial charge on any atom is -0.478 e. The van der Waals surface area contributed by atoms with Crippen molar-refractivity contribution < 1.29 is 13.9 Å². The van der Waals surface area contributed by atoms with Crippen molar-refractivity contribution in [2.75, 3.05) is 31.1 Å². The highest BCUT2D eigenvalue weighted by molar-refractivity contribution is 6.30. The van der Waals surface area contributed by atoms with Crippen LogP contribution in [0.25, 0.3) is 0 Å². The fourth-order valence-electron chi connectivity index (χ4n) is 3.06. The molecule has 1 heterocycles. The van der Waals surface area contributed by atoms with Gasteiger partial charge in [-0.2, -0.15) is 0 Å². The van der Waals surface area contributed by atoms with Crippen LogP contribution in [-0.2, 0) is 4.79 Å². The van der Waals surface area contributed by atoms with E-state index in [0.29, 0.717) is 24.5 Å². The lowest BCUT2D eigenvalue weighted by molar-refractivity contribution is -0.139. The Labute approximate surface area is 158 Å². The van der Waals surface area contributed by atoms with Crippen molar-refractivity contribution >= 4 is 23.2 Å². The molecule has 0 aliphatic carbocycles. The van der Waals surface area contributed by atoms with Gasteiger partial charge in [0.2, 0.25) is 0 Å². The number of nitrogens with zero attached hydrogens (tertiary/aromatic N) is 2. The van der Waals surface area contributed by atoms with Crippen LogP contribution in [0.3, 0.4) is 0 Å². The lowest BCUT2D eigenvalue weighted by atomic mass is 10.2. The topological polar surface area (TPSA) is 32.8 Å². The Hall–Kier alpha value is -2.27. The molecule has 1 saturated heterocycles. The summed E-state index contributed by atoms with van der Waals surface area (Å²) < 4.78 is 19.4. The summed E-state index contributed by atoms with van der Waals surface area (Å²) in [6.07, 6.45) is -0.189. The maximum Gasteiger partial charge on any atom is 0.263 e. The predicted molar refractivity (Wildman–Crippen MR) is 101 cm³/mol. The number of rotatable bonds is 5. The Morgan fingerprint density at radius 3 is 2.54 bits per heavy atom. The highest BCUT2D eigenvalue weighted by atomic mass is 35.5. The lowest BCUT2D eigenvalue weighted by Crippen LogP contribution is -2.52. The third kappa shape index (κ3) is 4.28. The van der Waals surface area contributed by atoms with Crippen LogP contribution < -0.4 is 9.64 Å². The number of halogens is 2. The van der Waals surface area contributed by atoms with Crippen molar-refractivity contribution in [3.05, 3.63) is 59.4 Å². The van der Waals surface area contributed by atoms with E-state index in [9.17, 15) is 9.18 Å². The highest BCUT2D eigenvalue weighted by Crippen LogP contribution is 2.22. The summed E-state index contributed by atoms with van der Waals surface area (Å²) in [5.41, 5.74) is 1.05. The normalized spacial score (nSPS) is 15.7. The molecule has 0 aromatic heterocycles. The molecule has 6 heteroatoms. The number of benzene rings is 2. The van der Waals surface area contributed by atoms with E-state index < -0.39 is 11.9 Å². The zero-order valence-electron chi connectivity index (χ0n) is 14.7. The molecule has 2 aromatic rings. The smallest absolute Gasteiger partial charge is 0.263 e. The Kier molecular flexibility index (Phi) is 5.99. The largest absolute Gasteiger partial charge is 0.478 e. The van der Waals surface area contributed by atoms with E-state index in [1.807, 2.05) is 31.2 Å². The van der Waals surface area contributed by atoms with Crippen LogP contribution in [0.15, 0.2) is 48.5 Å². The summed E-state index contributed by atoms with van der Waals surface area (Å²) in [4.78, 5) is 16.8. The molecule has 26 heavy (non-hydrogen) atoms. The third-order valence-electron chi connectivity index (χ3n) is 4.52. The quantitative estimate of drug-likeness (QED) is 0.791. The van der Waals surface area contributed by atoms with Gasteiger partial charge in [-0.05, 0) is 36.8 Å². The van der Waals surface area contributed by atoms with Crippen molar-refractivity contribution in [3.63, 3.8) is 0 Å². The van der Waals surface area contributed by atoms with E-state index in [2.05, 4.69) is 4.90 Å². The molecule has 2 aromatic carbocycles. The van der Waals surface area contributed by atoms with Gasteiger partial charge < -0.3 is 14.5 Å². The van der Waals surface area contributed by atoms with Gasteiger partial charge in [-0.1, -0.05) is 36.7 Å². The predicted octanol–water partition coefficient (Wildman–Crippen LogP) is 3.99. The van der Waals surface area contributed by atoms with Crippen molar-refractivity contribution in [2.24, 2.45) is 0 Å². The summed E-state index contributed by atoms with van der Waals surface area (Å²) in [7, 11) is 0. The van der Waals surface area contributed by atoms with Crippen LogP contribution in [0.5, 0.6) is 5.75 Å². The van der Waals surface area contributed by atoms with Gasteiger partial charge in [-0.15, -0.1) is 0 Å². The van der Waals surface area contributed by atoms with E-state index in [1.54, 1.807) is 23.1 Å². The number of para-hydroxylation sites is 1. The van der Waals surface area contributed by atoms with Gasteiger partial charge in [-0.25, -0.2) is 4.39 Å². The van der Waals surface area contributed by atoms with Crippen LogP contribution in [0.1, 0.15) is 13.3 Å². The average Bonchev–Trinajstić information content (AvgIpc) is 2.67. The summed E-state index contributed by atoms with van der Waals surface area (Å²) in [6, 6.07) is 13.9. The van der Waals surface area contributed by atoms with Crippen LogP contribution in [-0.4, -0.2) is 43.1 Å². The minimum absolute atomic E-state index is 0.0958. The van der Waals surface area contributed by atoms with Gasteiger partial charge in [0.1, 0.15) is 0 Å². The number of amides is 1. The van der Waals surface area contributed by atoms with Gasteiger partial charge in [-0.3, -0.25) is 4.79 Å². The number of ether oxygens (including phenoxy) is 1. The molecule has 0 saturated carbocycles. The monoisotopic (exact) mass is 376 g/mol. The average molecular weight is 377 g/mol. The molecular formula is C20H22ClFN2O2. The van der Waals surface area contributed by atoms with Gasteiger partial charge >= 0.3 is 0 Å². The molecule has 3 rings (SSSR count). The van der Waals surface area contributed by atoms with E-state index in [1.165, 1.54) is 6.07 Å². The van der Waals surface area contributed by atoms with Crippen molar-refractivity contribution in [1.82, 2.24) is 4.90 Å². The number of hydrogen-bond donors (Lipinski definition) is 0. The molecule has 0 N–H and O–H groups in total. The Morgan fingerprint density at radius 1 is 1.15 bits per heavy atom. The molecule has 0 radical (unpaired) electrons. The molecule has 1 aliphatic heterocycles. The van der Waals surface area contributed by atoms with E-state index in [-0.39, 0.29) is 11.7 Å². The van der Waals surface area contributed by atoms with Crippen molar-refractivity contribution in [1.29, 1.82) is 0 Å². The van der Waals surface area contributed by atoms with Gasteiger partial charge in [0, 0.05) is 36.9 Å².